The van der Waals surface area contributed by atoms with Crippen LogP contribution in [-0.4, -0.2) is 50.4 Å². The summed E-state index contributed by atoms with van der Waals surface area (Å²) < 4.78 is 29.0. The van der Waals surface area contributed by atoms with Gasteiger partial charge in [0.15, 0.2) is 16.4 Å². The summed E-state index contributed by atoms with van der Waals surface area (Å²) in [6.07, 6.45) is 0.314. The van der Waals surface area contributed by atoms with Gasteiger partial charge in [-0.15, -0.1) is 0 Å². The minimum Gasteiger partial charge on any atom is -0.455 e. The van der Waals surface area contributed by atoms with Crippen molar-refractivity contribution in [2.45, 2.75) is 25.8 Å². The van der Waals surface area contributed by atoms with E-state index in [0.29, 0.717) is 23.4 Å². The second-order valence-corrected chi connectivity index (χ2v) is 9.60. The molecule has 1 fully saturated rings. The third-order valence-electron chi connectivity index (χ3n) is 4.86. The number of para-hydroxylation sites is 1. The van der Waals surface area contributed by atoms with Crippen LogP contribution in [0.4, 0.5) is 11.4 Å². The van der Waals surface area contributed by atoms with Crippen LogP contribution in [0, 0.1) is 0 Å². The number of carbonyl (C=O) groups excluding carboxylic acids is 3. The Kier molecular flexibility index (Phi) is 7.06. The summed E-state index contributed by atoms with van der Waals surface area (Å²) in [6, 6.07) is 15.0. The standard InChI is InChI=1S/C22H24N2O6S/c1-16(25)23-18-9-7-17(8-10-18)13-22(27)30-14-21(26)24(19-5-3-2-4-6-19)20-11-12-31(28,29)15-20/h2-10,20H,11-15H2,1H3,(H,23,25). The van der Waals surface area contributed by atoms with Crippen molar-refractivity contribution in [3.05, 3.63) is 60.2 Å². The van der Waals surface area contributed by atoms with E-state index in [0.717, 1.165) is 0 Å². The molecule has 1 atom stereocenters. The topological polar surface area (TPSA) is 110 Å². The van der Waals surface area contributed by atoms with Crippen molar-refractivity contribution in [1.82, 2.24) is 0 Å². The first kappa shape index (κ1) is 22.5. The van der Waals surface area contributed by atoms with E-state index >= 15 is 0 Å². The molecule has 164 valence electrons. The maximum atomic E-state index is 12.9. The van der Waals surface area contributed by atoms with Crippen molar-refractivity contribution < 1.29 is 27.5 Å². The predicted octanol–water partition coefficient (Wildman–Crippen LogP) is 1.95. The van der Waals surface area contributed by atoms with Crippen LogP contribution < -0.4 is 10.2 Å². The Labute approximate surface area is 181 Å². The fourth-order valence-corrected chi connectivity index (χ4v) is 5.16. The Hall–Kier alpha value is -3.20. The Morgan fingerprint density at radius 3 is 2.32 bits per heavy atom. The lowest BCUT2D eigenvalue weighted by Gasteiger charge is -2.28. The van der Waals surface area contributed by atoms with E-state index in [1.807, 2.05) is 0 Å². The molecule has 2 aromatic rings. The number of ether oxygens (including phenoxy) is 1. The summed E-state index contributed by atoms with van der Waals surface area (Å²) in [7, 11) is -3.19. The summed E-state index contributed by atoms with van der Waals surface area (Å²) in [5.41, 5.74) is 1.86. The van der Waals surface area contributed by atoms with Gasteiger partial charge < -0.3 is 15.0 Å². The number of carbonyl (C=O) groups is 3. The summed E-state index contributed by atoms with van der Waals surface area (Å²) in [4.78, 5) is 37.5. The van der Waals surface area contributed by atoms with Crippen LogP contribution in [0.2, 0.25) is 0 Å². The zero-order valence-electron chi connectivity index (χ0n) is 17.1. The molecule has 1 N–H and O–H groups in total. The van der Waals surface area contributed by atoms with Gasteiger partial charge in [0.05, 0.1) is 24.0 Å². The molecule has 1 aliphatic heterocycles. The van der Waals surface area contributed by atoms with E-state index in [4.69, 9.17) is 4.74 Å². The Balaban J connectivity index is 1.61. The highest BCUT2D eigenvalue weighted by atomic mass is 32.2. The maximum absolute atomic E-state index is 12.9. The molecule has 1 unspecified atom stereocenters. The molecule has 2 amide bonds. The number of anilines is 2. The smallest absolute Gasteiger partial charge is 0.310 e. The van der Waals surface area contributed by atoms with Gasteiger partial charge in [0.1, 0.15) is 0 Å². The zero-order valence-corrected chi connectivity index (χ0v) is 17.9. The minimum atomic E-state index is -3.19. The van der Waals surface area contributed by atoms with E-state index in [1.165, 1.54) is 11.8 Å². The van der Waals surface area contributed by atoms with Gasteiger partial charge in [-0.25, -0.2) is 8.42 Å². The zero-order chi connectivity index (χ0) is 22.4. The van der Waals surface area contributed by atoms with Crippen molar-refractivity contribution in [2.75, 3.05) is 28.3 Å². The SMILES string of the molecule is CC(=O)Nc1ccc(CC(=O)OCC(=O)N(c2ccccc2)C2CCS(=O)(=O)C2)cc1. The summed E-state index contributed by atoms with van der Waals surface area (Å²) in [5.74, 6) is -1.32. The minimum absolute atomic E-state index is 0.0303. The van der Waals surface area contributed by atoms with Gasteiger partial charge in [0.2, 0.25) is 5.91 Å². The molecule has 1 aliphatic rings. The Bertz CT molecular complexity index is 1050. The van der Waals surface area contributed by atoms with E-state index in [2.05, 4.69) is 5.32 Å². The van der Waals surface area contributed by atoms with Gasteiger partial charge in [0.25, 0.3) is 5.91 Å². The van der Waals surface area contributed by atoms with E-state index in [9.17, 15) is 22.8 Å². The highest BCUT2D eigenvalue weighted by molar-refractivity contribution is 7.91. The molecular weight excluding hydrogens is 420 g/mol. The summed E-state index contributed by atoms with van der Waals surface area (Å²) in [5, 5.41) is 2.64. The Morgan fingerprint density at radius 2 is 1.74 bits per heavy atom. The molecule has 0 bridgehead atoms. The molecule has 0 spiro atoms. The van der Waals surface area contributed by atoms with Gasteiger partial charge in [0, 0.05) is 18.3 Å². The number of nitrogens with one attached hydrogen (secondary N) is 1. The van der Waals surface area contributed by atoms with Crippen LogP contribution in [-0.2, 0) is 35.4 Å². The van der Waals surface area contributed by atoms with Crippen molar-refractivity contribution in [1.29, 1.82) is 0 Å². The van der Waals surface area contributed by atoms with E-state index in [-0.39, 0.29) is 23.8 Å². The van der Waals surface area contributed by atoms with Crippen LogP contribution in [0.25, 0.3) is 0 Å². The number of nitrogens with zero attached hydrogens (tertiary/aromatic N) is 1. The molecule has 8 nitrogen and oxygen atoms in total. The Morgan fingerprint density at radius 1 is 1.06 bits per heavy atom. The first-order chi connectivity index (χ1) is 14.7. The fraction of sp³-hybridized carbons (Fsp3) is 0.318. The monoisotopic (exact) mass is 444 g/mol. The van der Waals surface area contributed by atoms with Gasteiger partial charge in [-0.3, -0.25) is 14.4 Å². The number of sulfone groups is 1. The number of amides is 2. The number of hydrogen-bond donors (Lipinski definition) is 1. The summed E-state index contributed by atoms with van der Waals surface area (Å²) in [6.45, 7) is 0.927. The third kappa shape index (κ3) is 6.39. The van der Waals surface area contributed by atoms with Crippen LogP contribution >= 0.6 is 0 Å². The molecular formula is C22H24N2O6S. The van der Waals surface area contributed by atoms with Crippen LogP contribution in [0.3, 0.4) is 0 Å². The number of esters is 1. The average molecular weight is 445 g/mol. The average Bonchev–Trinajstić information content (AvgIpc) is 3.08. The lowest BCUT2D eigenvalue weighted by atomic mass is 10.1. The van der Waals surface area contributed by atoms with E-state index in [1.54, 1.807) is 54.6 Å². The van der Waals surface area contributed by atoms with Gasteiger partial charge in [-0.05, 0) is 36.2 Å². The summed E-state index contributed by atoms with van der Waals surface area (Å²) >= 11 is 0. The third-order valence-corrected chi connectivity index (χ3v) is 6.61. The van der Waals surface area contributed by atoms with Crippen molar-refractivity contribution in [3.63, 3.8) is 0 Å². The lowest BCUT2D eigenvalue weighted by Crippen LogP contribution is -2.43. The van der Waals surface area contributed by atoms with E-state index < -0.39 is 34.4 Å². The molecule has 0 aromatic heterocycles. The van der Waals surface area contributed by atoms with Gasteiger partial charge in [-0.1, -0.05) is 30.3 Å². The number of rotatable bonds is 7. The molecule has 1 heterocycles. The van der Waals surface area contributed by atoms with Crippen LogP contribution in [0.5, 0.6) is 0 Å². The largest absolute Gasteiger partial charge is 0.455 e. The van der Waals surface area contributed by atoms with Gasteiger partial charge >= 0.3 is 5.97 Å². The molecule has 1 saturated heterocycles. The van der Waals surface area contributed by atoms with Gasteiger partial charge in [-0.2, -0.15) is 0 Å². The number of hydrogen-bond acceptors (Lipinski definition) is 6. The lowest BCUT2D eigenvalue weighted by molar-refractivity contribution is -0.147. The first-order valence-corrected chi connectivity index (χ1v) is 11.7. The highest BCUT2D eigenvalue weighted by Crippen LogP contribution is 2.24. The molecule has 0 radical (unpaired) electrons. The molecule has 0 aliphatic carbocycles. The second-order valence-electron chi connectivity index (χ2n) is 7.37. The quantitative estimate of drug-likeness (QED) is 0.654. The molecule has 3 rings (SSSR count). The fourth-order valence-electron chi connectivity index (χ4n) is 3.46. The molecule has 0 saturated carbocycles. The normalized spacial score (nSPS) is 17.0. The second kappa shape index (κ2) is 9.74. The molecule has 2 aromatic carbocycles. The van der Waals surface area contributed by atoms with Crippen LogP contribution in [0.1, 0.15) is 18.9 Å². The van der Waals surface area contributed by atoms with Crippen molar-refractivity contribution in [3.8, 4) is 0 Å². The predicted molar refractivity (Wildman–Crippen MR) is 116 cm³/mol. The van der Waals surface area contributed by atoms with Crippen LogP contribution in [0.15, 0.2) is 54.6 Å². The number of benzene rings is 2. The highest BCUT2D eigenvalue weighted by Gasteiger charge is 2.35. The van der Waals surface area contributed by atoms with Crippen molar-refractivity contribution in [2.24, 2.45) is 0 Å². The first-order valence-electron chi connectivity index (χ1n) is 9.83. The molecule has 31 heavy (non-hydrogen) atoms. The maximum Gasteiger partial charge on any atom is 0.310 e. The van der Waals surface area contributed by atoms with Crippen molar-refractivity contribution >= 4 is 39.0 Å². The molecule has 9 heteroatoms.